The number of nitrogens with zero attached hydrogens (tertiary/aromatic N) is 1. The number of carbonyl (C=O) groups is 1. The number of rotatable bonds is 6. The van der Waals surface area contributed by atoms with E-state index in [0.29, 0.717) is 16.6 Å². The van der Waals surface area contributed by atoms with Crippen molar-refractivity contribution >= 4 is 14.0 Å². The molecule has 0 unspecified atom stereocenters. The molecule has 0 aliphatic carbocycles. The fraction of sp³-hybridized carbons (Fsp3) is 0.667. The summed E-state index contributed by atoms with van der Waals surface area (Å²) in [6, 6.07) is 1.53. The zero-order valence-electron chi connectivity index (χ0n) is 13.2. The SMILES string of the molecule is CC(C)[Si](C(C)C)(C(C)C)n1ccc(C(=O)C(F)F)c1. The molecule has 0 aliphatic rings. The van der Waals surface area contributed by atoms with E-state index in [-0.39, 0.29) is 5.56 Å². The highest BCUT2D eigenvalue weighted by Crippen LogP contribution is 2.42. The molecule has 0 saturated heterocycles. The van der Waals surface area contributed by atoms with Gasteiger partial charge in [0.2, 0.25) is 5.78 Å². The van der Waals surface area contributed by atoms with Crippen molar-refractivity contribution in [3.8, 4) is 0 Å². The first-order valence-corrected chi connectivity index (χ1v) is 9.34. The van der Waals surface area contributed by atoms with E-state index in [1.807, 2.05) is 6.20 Å². The molecule has 0 amide bonds. The lowest BCUT2D eigenvalue weighted by Crippen LogP contribution is -2.51. The van der Waals surface area contributed by atoms with Crippen LogP contribution in [0.3, 0.4) is 0 Å². The Labute approximate surface area is 121 Å². The predicted octanol–water partition coefficient (Wildman–Crippen LogP) is 4.96. The number of halogens is 2. The van der Waals surface area contributed by atoms with Gasteiger partial charge >= 0.3 is 6.43 Å². The van der Waals surface area contributed by atoms with Crippen molar-refractivity contribution < 1.29 is 13.6 Å². The first kappa shape index (κ1) is 17.1. The van der Waals surface area contributed by atoms with Gasteiger partial charge in [0.15, 0.2) is 8.24 Å². The second-order valence-corrected chi connectivity index (χ2v) is 12.1. The van der Waals surface area contributed by atoms with E-state index >= 15 is 0 Å². The van der Waals surface area contributed by atoms with Crippen LogP contribution < -0.4 is 0 Å². The van der Waals surface area contributed by atoms with Crippen LogP contribution >= 0.6 is 0 Å². The van der Waals surface area contributed by atoms with E-state index < -0.39 is 20.4 Å². The Morgan fingerprint density at radius 1 is 1.05 bits per heavy atom. The van der Waals surface area contributed by atoms with Crippen LogP contribution in [0.4, 0.5) is 8.78 Å². The predicted molar refractivity (Wildman–Crippen MR) is 81.2 cm³/mol. The third kappa shape index (κ3) is 2.73. The first-order chi connectivity index (χ1) is 9.15. The molecule has 0 bridgehead atoms. The largest absolute Gasteiger partial charge is 0.379 e. The molecule has 1 heterocycles. The molecule has 1 rings (SSSR count). The van der Waals surface area contributed by atoms with Crippen molar-refractivity contribution in [2.45, 2.75) is 64.6 Å². The summed E-state index contributed by atoms with van der Waals surface area (Å²) in [6.07, 6.45) is 0.529. The van der Waals surface area contributed by atoms with Crippen LogP contribution in [0.15, 0.2) is 18.5 Å². The van der Waals surface area contributed by atoms with Crippen molar-refractivity contribution in [3.05, 3.63) is 24.0 Å². The Balaban J connectivity index is 3.34. The van der Waals surface area contributed by atoms with Crippen molar-refractivity contribution in [1.82, 2.24) is 4.23 Å². The number of alkyl halides is 2. The summed E-state index contributed by atoms with van der Waals surface area (Å²) < 4.78 is 27.2. The van der Waals surface area contributed by atoms with Gasteiger partial charge < -0.3 is 4.23 Å². The van der Waals surface area contributed by atoms with Crippen LogP contribution in [0.5, 0.6) is 0 Å². The number of carbonyl (C=O) groups excluding carboxylic acids is 1. The van der Waals surface area contributed by atoms with E-state index in [1.54, 1.807) is 6.20 Å². The Kier molecular flexibility index (Phi) is 5.30. The maximum Gasteiger partial charge on any atom is 0.300 e. The molecule has 20 heavy (non-hydrogen) atoms. The van der Waals surface area contributed by atoms with Crippen LogP contribution in [0.25, 0.3) is 0 Å². The van der Waals surface area contributed by atoms with Gasteiger partial charge in [0.25, 0.3) is 0 Å². The molecule has 114 valence electrons. The molecule has 2 nitrogen and oxygen atoms in total. The zero-order valence-corrected chi connectivity index (χ0v) is 14.2. The molecule has 0 radical (unpaired) electrons. The number of Topliss-reactive ketones (excluding diaryl/α,β-unsaturated/α-hetero) is 1. The summed E-state index contributed by atoms with van der Waals surface area (Å²) in [7, 11) is -1.94. The first-order valence-electron chi connectivity index (χ1n) is 7.16. The summed E-state index contributed by atoms with van der Waals surface area (Å²) in [5, 5.41) is 0. The molecule has 5 heteroatoms. The fourth-order valence-corrected chi connectivity index (χ4v) is 10.3. The molecular formula is C15H25F2NOSi. The summed E-state index contributed by atoms with van der Waals surface area (Å²) in [5.74, 6) is -1.08. The fourth-order valence-electron chi connectivity index (χ4n) is 3.80. The van der Waals surface area contributed by atoms with Gasteiger partial charge in [-0.05, 0) is 28.9 Å². The summed E-state index contributed by atoms with van der Waals surface area (Å²) >= 11 is 0. The molecule has 0 aliphatic heterocycles. The normalized spacial score (nSPS) is 13.0. The van der Waals surface area contributed by atoms with Gasteiger partial charge in [0.1, 0.15) is 0 Å². The molecule has 1 aromatic rings. The quantitative estimate of drug-likeness (QED) is 0.537. The Bertz CT molecular complexity index is 444. The van der Waals surface area contributed by atoms with E-state index in [9.17, 15) is 13.6 Å². The van der Waals surface area contributed by atoms with Gasteiger partial charge in [0.05, 0.1) is 0 Å². The standard InChI is InChI=1S/C15H25F2NOSi/c1-10(2)20(11(3)4,12(5)6)18-8-7-13(9-18)14(19)15(16)17/h7-12,15H,1-6H3. The topological polar surface area (TPSA) is 22.0 Å². The third-order valence-electron chi connectivity index (χ3n) is 4.40. The van der Waals surface area contributed by atoms with Gasteiger partial charge in [0, 0.05) is 11.8 Å². The summed E-state index contributed by atoms with van der Waals surface area (Å²) in [5.41, 5.74) is 1.51. The maximum absolute atomic E-state index is 12.5. The molecule has 0 N–H and O–H groups in total. The van der Waals surface area contributed by atoms with E-state index in [2.05, 4.69) is 45.8 Å². The summed E-state index contributed by atoms with van der Waals surface area (Å²) in [4.78, 5) is 11.4. The highest BCUT2D eigenvalue weighted by molar-refractivity contribution is 6.82. The van der Waals surface area contributed by atoms with Crippen LogP contribution in [0.2, 0.25) is 16.6 Å². The monoisotopic (exact) mass is 301 g/mol. The highest BCUT2D eigenvalue weighted by Gasteiger charge is 2.45. The van der Waals surface area contributed by atoms with Gasteiger partial charge in [-0.15, -0.1) is 0 Å². The minimum Gasteiger partial charge on any atom is -0.379 e. The lowest BCUT2D eigenvalue weighted by atomic mass is 10.2. The molecule has 0 saturated carbocycles. The minimum absolute atomic E-state index is 0.124. The number of hydrogen-bond acceptors (Lipinski definition) is 1. The second kappa shape index (κ2) is 6.20. The molecule has 0 aromatic carbocycles. The molecule has 0 spiro atoms. The lowest BCUT2D eigenvalue weighted by molar-refractivity contribution is 0.0679. The van der Waals surface area contributed by atoms with Crippen LogP contribution in [0, 0.1) is 0 Å². The van der Waals surface area contributed by atoms with Crippen LogP contribution in [-0.2, 0) is 0 Å². The van der Waals surface area contributed by atoms with E-state index in [4.69, 9.17) is 0 Å². The van der Waals surface area contributed by atoms with Crippen molar-refractivity contribution in [1.29, 1.82) is 0 Å². The van der Waals surface area contributed by atoms with Crippen LogP contribution in [0.1, 0.15) is 51.9 Å². The minimum atomic E-state index is -2.93. The number of aromatic nitrogens is 1. The lowest BCUT2D eigenvalue weighted by Gasteiger charge is -2.44. The van der Waals surface area contributed by atoms with Crippen molar-refractivity contribution in [2.75, 3.05) is 0 Å². The Morgan fingerprint density at radius 3 is 1.85 bits per heavy atom. The average Bonchev–Trinajstić information content (AvgIpc) is 2.76. The van der Waals surface area contributed by atoms with Crippen molar-refractivity contribution in [3.63, 3.8) is 0 Å². The van der Waals surface area contributed by atoms with Gasteiger partial charge in [-0.25, -0.2) is 8.78 Å². The van der Waals surface area contributed by atoms with E-state index in [1.165, 1.54) is 6.07 Å². The van der Waals surface area contributed by atoms with Crippen LogP contribution in [-0.4, -0.2) is 24.7 Å². The van der Waals surface area contributed by atoms with Gasteiger partial charge in [-0.3, -0.25) is 4.79 Å². The highest BCUT2D eigenvalue weighted by atomic mass is 28.3. The Hall–Kier alpha value is -0.973. The smallest absolute Gasteiger partial charge is 0.300 e. The maximum atomic E-state index is 12.5. The molecule has 0 atom stereocenters. The summed E-state index contributed by atoms with van der Waals surface area (Å²) in [6.45, 7) is 13.2. The zero-order chi connectivity index (χ0) is 15.7. The van der Waals surface area contributed by atoms with Gasteiger partial charge in [-0.1, -0.05) is 41.5 Å². The van der Waals surface area contributed by atoms with E-state index in [0.717, 1.165) is 0 Å². The molecular weight excluding hydrogens is 276 g/mol. The van der Waals surface area contributed by atoms with Gasteiger partial charge in [-0.2, -0.15) is 0 Å². The second-order valence-electron chi connectivity index (χ2n) is 6.32. The molecule has 0 fully saturated rings. The number of ketones is 1. The molecule has 1 aromatic heterocycles. The number of hydrogen-bond donors (Lipinski definition) is 0. The third-order valence-corrected chi connectivity index (χ3v) is 11.1. The average molecular weight is 301 g/mol. The Morgan fingerprint density at radius 2 is 1.50 bits per heavy atom. The van der Waals surface area contributed by atoms with Crippen molar-refractivity contribution in [2.24, 2.45) is 0 Å².